The number of carbonyl (C=O) groups excluding carboxylic acids is 2. The molecule has 0 unspecified atom stereocenters. The van der Waals surface area contributed by atoms with E-state index in [1.807, 2.05) is 0 Å². The molecule has 34 heavy (non-hydrogen) atoms. The van der Waals surface area contributed by atoms with Gasteiger partial charge in [0.2, 0.25) is 5.91 Å². The van der Waals surface area contributed by atoms with Crippen LogP contribution >= 0.6 is 23.2 Å². The summed E-state index contributed by atoms with van der Waals surface area (Å²) in [6.45, 7) is 3.15. The molecule has 3 aromatic carbocycles. The Morgan fingerprint density at radius 2 is 1.68 bits per heavy atom. The van der Waals surface area contributed by atoms with E-state index in [2.05, 4.69) is 5.32 Å². The molecule has 0 fully saturated rings. The minimum Gasteiger partial charge on any atom is -0.462 e. The molecule has 178 valence electrons. The number of benzene rings is 3. The first-order valence-electron chi connectivity index (χ1n) is 10.2. The molecule has 1 N–H and O–H groups in total. The number of halogens is 2. The van der Waals surface area contributed by atoms with Crippen LogP contribution in [0.1, 0.15) is 22.8 Å². The highest BCUT2D eigenvalue weighted by atomic mass is 35.5. The van der Waals surface area contributed by atoms with Crippen LogP contribution in [-0.4, -0.2) is 33.4 Å². The molecule has 0 radical (unpaired) electrons. The van der Waals surface area contributed by atoms with Gasteiger partial charge in [-0.1, -0.05) is 47.5 Å². The minimum absolute atomic E-state index is 0.0244. The highest BCUT2D eigenvalue weighted by Crippen LogP contribution is 2.29. The number of amides is 1. The standard InChI is InChI=1S/C24H22Cl2N2O5S/c1-3-33-24(30)17-10-12-22(21(26)13-17)27-23(29)15-28(18-11-9-16(2)20(25)14-18)34(31,32)19-7-5-4-6-8-19/h4-14H,3,15H2,1-2H3,(H,27,29). The number of esters is 1. The van der Waals surface area contributed by atoms with Gasteiger partial charge in [0.15, 0.2) is 0 Å². The lowest BCUT2D eigenvalue weighted by molar-refractivity contribution is -0.114. The number of nitrogens with one attached hydrogen (secondary N) is 1. The number of anilines is 2. The topological polar surface area (TPSA) is 92.8 Å². The highest BCUT2D eigenvalue weighted by molar-refractivity contribution is 7.92. The van der Waals surface area contributed by atoms with E-state index in [1.54, 1.807) is 44.2 Å². The maximum Gasteiger partial charge on any atom is 0.338 e. The fourth-order valence-electron chi connectivity index (χ4n) is 3.05. The number of nitrogens with zero attached hydrogens (tertiary/aromatic N) is 1. The number of sulfonamides is 1. The summed E-state index contributed by atoms with van der Waals surface area (Å²) in [7, 11) is -4.09. The molecule has 1 amide bonds. The molecule has 10 heteroatoms. The van der Waals surface area contributed by atoms with Crippen LogP contribution in [0.4, 0.5) is 11.4 Å². The molecular weight excluding hydrogens is 499 g/mol. The molecular formula is C24H22Cl2N2O5S. The van der Waals surface area contributed by atoms with Crippen LogP contribution in [0.2, 0.25) is 10.0 Å². The lowest BCUT2D eigenvalue weighted by Crippen LogP contribution is -2.38. The van der Waals surface area contributed by atoms with Crippen molar-refractivity contribution in [3.63, 3.8) is 0 Å². The lowest BCUT2D eigenvalue weighted by Gasteiger charge is -2.24. The summed E-state index contributed by atoms with van der Waals surface area (Å²) in [5, 5.41) is 3.07. The Kier molecular flexibility index (Phi) is 8.19. The molecule has 0 heterocycles. The maximum absolute atomic E-state index is 13.4. The van der Waals surface area contributed by atoms with Crippen LogP contribution < -0.4 is 9.62 Å². The van der Waals surface area contributed by atoms with E-state index in [9.17, 15) is 18.0 Å². The van der Waals surface area contributed by atoms with E-state index < -0.39 is 28.4 Å². The first-order chi connectivity index (χ1) is 16.1. The zero-order chi connectivity index (χ0) is 24.9. The summed E-state index contributed by atoms with van der Waals surface area (Å²) in [6, 6.07) is 16.8. The molecule has 3 rings (SSSR count). The van der Waals surface area contributed by atoms with Crippen LogP contribution in [-0.2, 0) is 19.6 Å². The van der Waals surface area contributed by atoms with Crippen molar-refractivity contribution in [1.29, 1.82) is 0 Å². The van der Waals surface area contributed by atoms with Crippen LogP contribution in [0.15, 0.2) is 71.6 Å². The van der Waals surface area contributed by atoms with Gasteiger partial charge in [0.05, 0.1) is 33.5 Å². The normalized spacial score (nSPS) is 11.1. The van der Waals surface area contributed by atoms with Crippen molar-refractivity contribution in [2.24, 2.45) is 0 Å². The number of hydrogen-bond acceptors (Lipinski definition) is 5. The first-order valence-corrected chi connectivity index (χ1v) is 12.4. The van der Waals surface area contributed by atoms with Gasteiger partial charge < -0.3 is 10.1 Å². The van der Waals surface area contributed by atoms with Crippen molar-refractivity contribution in [3.05, 3.63) is 87.9 Å². The Bertz CT molecular complexity index is 1310. The number of hydrogen-bond donors (Lipinski definition) is 1. The highest BCUT2D eigenvalue weighted by Gasteiger charge is 2.27. The van der Waals surface area contributed by atoms with Gasteiger partial charge in [0, 0.05) is 5.02 Å². The summed E-state index contributed by atoms with van der Waals surface area (Å²) in [5.41, 5.74) is 1.45. The molecule has 0 aliphatic heterocycles. The third kappa shape index (κ3) is 5.88. The molecule has 0 saturated heterocycles. The molecule has 0 aliphatic carbocycles. The quantitative estimate of drug-likeness (QED) is 0.406. The van der Waals surface area contributed by atoms with Gasteiger partial charge in [-0.2, -0.15) is 0 Å². The van der Waals surface area contributed by atoms with Gasteiger partial charge in [-0.05, 0) is 61.9 Å². The van der Waals surface area contributed by atoms with E-state index in [1.165, 1.54) is 36.4 Å². The van der Waals surface area contributed by atoms with Crippen molar-refractivity contribution in [2.45, 2.75) is 18.7 Å². The van der Waals surface area contributed by atoms with E-state index in [0.29, 0.717) is 5.02 Å². The Labute approximate surface area is 208 Å². The minimum atomic E-state index is -4.09. The SMILES string of the molecule is CCOC(=O)c1ccc(NC(=O)CN(c2ccc(C)c(Cl)c2)S(=O)(=O)c2ccccc2)c(Cl)c1. The monoisotopic (exact) mass is 520 g/mol. The Morgan fingerprint density at radius 1 is 0.971 bits per heavy atom. The van der Waals surface area contributed by atoms with E-state index in [0.717, 1.165) is 9.87 Å². The summed E-state index contributed by atoms with van der Waals surface area (Å²) in [6.07, 6.45) is 0. The van der Waals surface area contributed by atoms with Gasteiger partial charge in [-0.25, -0.2) is 13.2 Å². The molecule has 3 aromatic rings. The summed E-state index contributed by atoms with van der Waals surface area (Å²) < 4.78 is 32.7. The molecule has 0 aliphatic rings. The van der Waals surface area contributed by atoms with Crippen molar-refractivity contribution >= 4 is 56.5 Å². The molecule has 7 nitrogen and oxygen atoms in total. The fraction of sp³-hybridized carbons (Fsp3) is 0.167. The van der Waals surface area contributed by atoms with Crippen molar-refractivity contribution in [3.8, 4) is 0 Å². The fourth-order valence-corrected chi connectivity index (χ4v) is 4.89. The van der Waals surface area contributed by atoms with Crippen LogP contribution in [0.5, 0.6) is 0 Å². The molecule has 0 saturated carbocycles. The Balaban J connectivity index is 1.90. The van der Waals surface area contributed by atoms with E-state index in [4.69, 9.17) is 27.9 Å². The van der Waals surface area contributed by atoms with Gasteiger partial charge in [-0.3, -0.25) is 9.10 Å². The smallest absolute Gasteiger partial charge is 0.338 e. The van der Waals surface area contributed by atoms with E-state index in [-0.39, 0.29) is 33.5 Å². The largest absolute Gasteiger partial charge is 0.462 e. The first kappa shape index (κ1) is 25.6. The maximum atomic E-state index is 13.4. The summed E-state index contributed by atoms with van der Waals surface area (Å²) in [4.78, 5) is 24.8. The number of carbonyl (C=O) groups is 2. The van der Waals surface area contributed by atoms with Crippen LogP contribution in [0.3, 0.4) is 0 Å². The second kappa shape index (κ2) is 10.9. The predicted molar refractivity (Wildman–Crippen MR) is 133 cm³/mol. The summed E-state index contributed by atoms with van der Waals surface area (Å²) >= 11 is 12.5. The lowest BCUT2D eigenvalue weighted by atomic mass is 10.2. The second-order valence-corrected chi connectivity index (χ2v) is 9.90. The zero-order valence-electron chi connectivity index (χ0n) is 18.4. The third-order valence-electron chi connectivity index (χ3n) is 4.82. The third-order valence-corrected chi connectivity index (χ3v) is 7.32. The molecule has 0 bridgehead atoms. The second-order valence-electron chi connectivity index (χ2n) is 7.22. The van der Waals surface area contributed by atoms with Crippen LogP contribution in [0.25, 0.3) is 0 Å². The van der Waals surface area contributed by atoms with Crippen molar-refractivity contribution in [1.82, 2.24) is 0 Å². The van der Waals surface area contributed by atoms with Gasteiger partial charge in [0.1, 0.15) is 6.54 Å². The zero-order valence-corrected chi connectivity index (χ0v) is 20.7. The number of rotatable bonds is 8. The van der Waals surface area contributed by atoms with E-state index >= 15 is 0 Å². The predicted octanol–water partition coefficient (Wildman–Crippen LogP) is 5.31. The van der Waals surface area contributed by atoms with Crippen molar-refractivity contribution in [2.75, 3.05) is 22.8 Å². The average molecular weight is 521 g/mol. The number of aryl methyl sites for hydroxylation is 1. The van der Waals surface area contributed by atoms with Gasteiger partial charge in [0.25, 0.3) is 10.0 Å². The number of ether oxygens (including phenoxy) is 1. The van der Waals surface area contributed by atoms with Crippen molar-refractivity contribution < 1.29 is 22.7 Å². The van der Waals surface area contributed by atoms with Crippen LogP contribution in [0, 0.1) is 6.92 Å². The molecule has 0 spiro atoms. The van der Waals surface area contributed by atoms with Gasteiger partial charge in [-0.15, -0.1) is 0 Å². The molecule has 0 atom stereocenters. The van der Waals surface area contributed by atoms with Gasteiger partial charge >= 0.3 is 5.97 Å². The molecule has 0 aromatic heterocycles. The average Bonchev–Trinajstić information content (AvgIpc) is 2.81. The Hall–Kier alpha value is -3.07. The Morgan fingerprint density at radius 3 is 2.29 bits per heavy atom. The summed E-state index contributed by atoms with van der Waals surface area (Å²) in [5.74, 6) is -1.18.